The van der Waals surface area contributed by atoms with Crippen molar-refractivity contribution in [3.63, 3.8) is 0 Å². The molecule has 0 fully saturated rings. The summed E-state index contributed by atoms with van der Waals surface area (Å²) in [7, 11) is 1.33. The summed E-state index contributed by atoms with van der Waals surface area (Å²) in [6, 6.07) is 3.62. The molecule has 0 N–H and O–H groups in total. The number of pyridine rings is 1. The van der Waals surface area contributed by atoms with Crippen LogP contribution in [0, 0.1) is 6.92 Å². The van der Waals surface area contributed by atoms with Crippen LogP contribution in [0.5, 0.6) is 0 Å². The number of aryl methyl sites for hydroxylation is 1. The second-order valence-electron chi connectivity index (χ2n) is 4.13. The first-order valence-corrected chi connectivity index (χ1v) is 5.92. The number of carbonyl (C=O) groups excluding carboxylic acids is 1. The third kappa shape index (κ3) is 1.89. The molecule has 0 spiro atoms. The number of hydrogen-bond donors (Lipinski definition) is 0. The highest BCUT2D eigenvalue weighted by Crippen LogP contribution is 2.16. The van der Waals surface area contributed by atoms with E-state index in [-0.39, 0.29) is 0 Å². The molecule has 20 heavy (non-hydrogen) atoms. The second kappa shape index (κ2) is 4.69. The lowest BCUT2D eigenvalue weighted by molar-refractivity contribution is 0.0598. The quantitative estimate of drug-likeness (QED) is 0.652. The van der Waals surface area contributed by atoms with Crippen molar-refractivity contribution in [2.45, 2.75) is 6.92 Å². The first-order valence-electron chi connectivity index (χ1n) is 5.92. The van der Waals surface area contributed by atoms with E-state index in [0.717, 1.165) is 5.56 Å². The molecule has 0 atom stereocenters. The standard InChI is InChI=1S/C13H11N5O2/c1-8-10(12(19)20-2)7-15-13-16-11(17-18(8)13)9-3-5-14-6-4-9/h3-7H,1-2H3. The summed E-state index contributed by atoms with van der Waals surface area (Å²) < 4.78 is 6.24. The van der Waals surface area contributed by atoms with Gasteiger partial charge in [-0.3, -0.25) is 4.98 Å². The highest BCUT2D eigenvalue weighted by Gasteiger charge is 2.16. The fourth-order valence-corrected chi connectivity index (χ4v) is 1.88. The molecule has 100 valence electrons. The Hall–Kier alpha value is -2.83. The molecule has 3 aromatic rings. The van der Waals surface area contributed by atoms with Crippen LogP contribution in [0.1, 0.15) is 16.1 Å². The molecule has 7 heteroatoms. The van der Waals surface area contributed by atoms with Crippen molar-refractivity contribution >= 4 is 11.7 Å². The minimum Gasteiger partial charge on any atom is -0.465 e. The van der Waals surface area contributed by atoms with E-state index in [9.17, 15) is 4.79 Å². The lowest BCUT2D eigenvalue weighted by Crippen LogP contribution is -2.09. The Bertz CT molecular complexity index is 782. The fraction of sp³-hybridized carbons (Fsp3) is 0.154. The number of methoxy groups -OCH3 is 1. The lowest BCUT2D eigenvalue weighted by atomic mass is 10.2. The summed E-state index contributed by atoms with van der Waals surface area (Å²) in [6.45, 7) is 1.77. The van der Waals surface area contributed by atoms with Crippen LogP contribution in [0.3, 0.4) is 0 Å². The Morgan fingerprint density at radius 2 is 2.05 bits per heavy atom. The number of esters is 1. The maximum absolute atomic E-state index is 11.6. The number of fused-ring (bicyclic) bond motifs is 1. The van der Waals surface area contributed by atoms with Gasteiger partial charge < -0.3 is 4.74 Å². The Labute approximate surface area is 114 Å². The van der Waals surface area contributed by atoms with Crippen LogP contribution in [0.15, 0.2) is 30.7 Å². The first-order chi connectivity index (χ1) is 9.70. The molecule has 0 aliphatic carbocycles. The van der Waals surface area contributed by atoms with E-state index in [1.807, 2.05) is 12.1 Å². The monoisotopic (exact) mass is 269 g/mol. The Balaban J connectivity index is 2.17. The molecule has 0 saturated carbocycles. The third-order valence-corrected chi connectivity index (χ3v) is 2.95. The largest absolute Gasteiger partial charge is 0.465 e. The van der Waals surface area contributed by atoms with E-state index in [0.29, 0.717) is 22.9 Å². The SMILES string of the molecule is COC(=O)c1cnc2nc(-c3ccncc3)nn2c1C. The molecular weight excluding hydrogens is 258 g/mol. The van der Waals surface area contributed by atoms with Gasteiger partial charge in [0.05, 0.1) is 18.4 Å². The van der Waals surface area contributed by atoms with Gasteiger partial charge in [0, 0.05) is 24.2 Å². The maximum atomic E-state index is 11.6. The van der Waals surface area contributed by atoms with Gasteiger partial charge in [-0.2, -0.15) is 4.98 Å². The summed E-state index contributed by atoms with van der Waals surface area (Å²) >= 11 is 0. The van der Waals surface area contributed by atoms with Crippen LogP contribution in [0.4, 0.5) is 0 Å². The van der Waals surface area contributed by atoms with E-state index < -0.39 is 5.97 Å². The highest BCUT2D eigenvalue weighted by atomic mass is 16.5. The average molecular weight is 269 g/mol. The van der Waals surface area contributed by atoms with Crippen molar-refractivity contribution in [2.24, 2.45) is 0 Å². The third-order valence-electron chi connectivity index (χ3n) is 2.95. The second-order valence-corrected chi connectivity index (χ2v) is 4.13. The topological polar surface area (TPSA) is 82.3 Å². The normalized spacial score (nSPS) is 10.7. The number of carbonyl (C=O) groups is 1. The zero-order valence-electron chi connectivity index (χ0n) is 10.9. The number of ether oxygens (including phenoxy) is 1. The van der Waals surface area contributed by atoms with Crippen LogP contribution >= 0.6 is 0 Å². The molecule has 0 unspecified atom stereocenters. The van der Waals surface area contributed by atoms with E-state index in [4.69, 9.17) is 4.74 Å². The molecule has 3 aromatic heterocycles. The lowest BCUT2D eigenvalue weighted by Gasteiger charge is -2.03. The Morgan fingerprint density at radius 1 is 1.30 bits per heavy atom. The molecule has 3 rings (SSSR count). The van der Waals surface area contributed by atoms with Gasteiger partial charge in [-0.25, -0.2) is 14.3 Å². The molecule has 0 aliphatic heterocycles. The summed E-state index contributed by atoms with van der Waals surface area (Å²) in [4.78, 5) is 24.0. The molecule has 7 nitrogen and oxygen atoms in total. The number of aromatic nitrogens is 5. The predicted molar refractivity (Wildman–Crippen MR) is 70.1 cm³/mol. The summed E-state index contributed by atoms with van der Waals surface area (Å²) in [5.74, 6) is 0.518. The van der Waals surface area contributed by atoms with Crippen LogP contribution in [0.25, 0.3) is 17.2 Å². The number of rotatable bonds is 2. The number of hydrogen-bond acceptors (Lipinski definition) is 6. The molecule has 0 bridgehead atoms. The van der Waals surface area contributed by atoms with Crippen LogP contribution in [0.2, 0.25) is 0 Å². The van der Waals surface area contributed by atoms with Gasteiger partial charge in [-0.05, 0) is 19.1 Å². The summed E-state index contributed by atoms with van der Waals surface area (Å²) in [5, 5.41) is 4.37. The summed E-state index contributed by atoms with van der Waals surface area (Å²) in [6.07, 6.45) is 4.78. The van der Waals surface area contributed by atoms with Crippen molar-refractivity contribution < 1.29 is 9.53 Å². The van der Waals surface area contributed by atoms with Crippen LogP contribution in [-0.2, 0) is 4.74 Å². The zero-order valence-corrected chi connectivity index (χ0v) is 10.9. The molecule has 0 saturated heterocycles. The minimum atomic E-state index is -0.446. The summed E-state index contributed by atoms with van der Waals surface area (Å²) in [5.41, 5.74) is 1.84. The highest BCUT2D eigenvalue weighted by molar-refractivity contribution is 5.90. The van der Waals surface area contributed by atoms with Gasteiger partial charge in [0.15, 0.2) is 5.82 Å². The molecule has 3 heterocycles. The van der Waals surface area contributed by atoms with Gasteiger partial charge >= 0.3 is 5.97 Å². The van der Waals surface area contributed by atoms with E-state index in [1.165, 1.54) is 17.8 Å². The smallest absolute Gasteiger partial charge is 0.341 e. The van der Waals surface area contributed by atoms with Crippen LogP contribution < -0.4 is 0 Å². The average Bonchev–Trinajstić information content (AvgIpc) is 2.93. The first kappa shape index (κ1) is 12.2. The van der Waals surface area contributed by atoms with Crippen molar-refractivity contribution in [1.29, 1.82) is 0 Å². The van der Waals surface area contributed by atoms with Gasteiger partial charge in [0.1, 0.15) is 0 Å². The van der Waals surface area contributed by atoms with E-state index >= 15 is 0 Å². The van der Waals surface area contributed by atoms with Gasteiger partial charge in [0.2, 0.25) is 0 Å². The van der Waals surface area contributed by atoms with E-state index in [1.54, 1.807) is 19.3 Å². The van der Waals surface area contributed by atoms with Gasteiger partial charge in [-0.15, -0.1) is 5.10 Å². The molecule has 0 amide bonds. The molecular formula is C13H11N5O2. The van der Waals surface area contributed by atoms with Crippen molar-refractivity contribution in [3.8, 4) is 11.4 Å². The maximum Gasteiger partial charge on any atom is 0.341 e. The fourth-order valence-electron chi connectivity index (χ4n) is 1.88. The van der Waals surface area contributed by atoms with Crippen molar-refractivity contribution in [1.82, 2.24) is 24.6 Å². The van der Waals surface area contributed by atoms with Crippen molar-refractivity contribution in [3.05, 3.63) is 42.0 Å². The van der Waals surface area contributed by atoms with Crippen LogP contribution in [-0.4, -0.2) is 37.6 Å². The zero-order chi connectivity index (χ0) is 14.1. The molecule has 0 aromatic carbocycles. The Kier molecular flexibility index (Phi) is 2.86. The van der Waals surface area contributed by atoms with Gasteiger partial charge in [0.25, 0.3) is 5.78 Å². The number of nitrogens with zero attached hydrogens (tertiary/aromatic N) is 5. The van der Waals surface area contributed by atoms with E-state index in [2.05, 4.69) is 20.1 Å². The Morgan fingerprint density at radius 3 is 2.75 bits per heavy atom. The predicted octanol–water partition coefficient (Wildman–Crippen LogP) is 1.28. The molecule has 0 aliphatic rings. The minimum absolute atomic E-state index is 0.367. The molecule has 0 radical (unpaired) electrons. The van der Waals surface area contributed by atoms with Crippen molar-refractivity contribution in [2.75, 3.05) is 7.11 Å². The van der Waals surface area contributed by atoms with Gasteiger partial charge in [-0.1, -0.05) is 0 Å².